The van der Waals surface area contributed by atoms with E-state index in [1.165, 1.54) is 6.07 Å². The summed E-state index contributed by atoms with van der Waals surface area (Å²) in [5, 5.41) is 16.7. The lowest BCUT2D eigenvalue weighted by molar-refractivity contribution is 0.142. The number of aromatic nitrogens is 5. The van der Waals surface area contributed by atoms with Crippen molar-refractivity contribution in [3.8, 4) is 11.3 Å². The summed E-state index contributed by atoms with van der Waals surface area (Å²) in [5.41, 5.74) is 2.41. The zero-order valence-electron chi connectivity index (χ0n) is 17.0. The minimum atomic E-state index is -0.651. The number of aryl methyl sites for hydroxylation is 1. The minimum Gasteiger partial charge on any atom is -0.396 e. The Labute approximate surface area is 177 Å². The van der Waals surface area contributed by atoms with Gasteiger partial charge in [-0.2, -0.15) is 5.10 Å². The summed E-state index contributed by atoms with van der Waals surface area (Å²) in [5.74, 6) is -0.161. The van der Waals surface area contributed by atoms with Gasteiger partial charge in [-0.25, -0.2) is 18.7 Å². The second-order valence-corrected chi connectivity index (χ2v) is 8.03. The molecule has 2 N–H and O–H groups in total. The highest BCUT2D eigenvalue weighted by atomic mass is 19.1. The fraction of sp³-hybridized carbons (Fsp3) is 0.318. The number of rotatable bonds is 6. The zero-order chi connectivity index (χ0) is 21.5. The fourth-order valence-electron chi connectivity index (χ4n) is 4.13. The Balaban J connectivity index is 1.41. The molecule has 1 fully saturated rings. The van der Waals surface area contributed by atoms with Gasteiger partial charge in [0, 0.05) is 36.8 Å². The first kappa shape index (κ1) is 19.6. The third-order valence-electron chi connectivity index (χ3n) is 5.94. The van der Waals surface area contributed by atoms with Crippen molar-refractivity contribution in [1.29, 1.82) is 0 Å². The van der Waals surface area contributed by atoms with Gasteiger partial charge in [0.05, 0.1) is 29.8 Å². The van der Waals surface area contributed by atoms with E-state index in [1.54, 1.807) is 36.1 Å². The molecule has 0 aliphatic heterocycles. The van der Waals surface area contributed by atoms with Crippen molar-refractivity contribution < 1.29 is 13.9 Å². The molecule has 0 unspecified atom stereocenters. The largest absolute Gasteiger partial charge is 0.396 e. The number of nitrogens with one attached hydrogen (secondary N) is 1. The zero-order valence-corrected chi connectivity index (χ0v) is 17.0. The summed E-state index contributed by atoms with van der Waals surface area (Å²) < 4.78 is 31.8. The SMILES string of the molecule is Cc1cc(-c2cnc(Nc3cnn(C4CC(CCO)C4)c3)c3nccn23)c(F)cc1F. The number of nitrogens with zero attached hydrogens (tertiary/aromatic N) is 5. The number of anilines is 2. The molecule has 1 aliphatic carbocycles. The van der Waals surface area contributed by atoms with Crippen LogP contribution >= 0.6 is 0 Å². The van der Waals surface area contributed by atoms with E-state index in [2.05, 4.69) is 20.4 Å². The molecular formula is C22H22F2N6O. The number of imidazole rings is 1. The molecule has 3 aromatic heterocycles. The standard InChI is InChI=1S/C22H22F2N6O/c1-13-6-17(19(24)9-18(13)23)20-11-26-21(22-25-3-4-29(20)22)28-15-10-27-30(12-15)16-7-14(8-16)2-5-31/h3-4,6,9-12,14,16,31H,2,5,7-8H2,1H3,(H,26,28). The number of benzene rings is 1. The van der Waals surface area contributed by atoms with Crippen molar-refractivity contribution in [3.63, 3.8) is 0 Å². The lowest BCUT2D eigenvalue weighted by Crippen LogP contribution is -2.27. The molecule has 0 amide bonds. The third kappa shape index (κ3) is 3.54. The number of fused-ring (bicyclic) bond motifs is 1. The molecule has 0 saturated heterocycles. The molecule has 0 atom stereocenters. The summed E-state index contributed by atoms with van der Waals surface area (Å²) in [6.07, 6.45) is 11.4. The molecule has 160 valence electrons. The van der Waals surface area contributed by atoms with Crippen molar-refractivity contribution in [2.24, 2.45) is 5.92 Å². The topological polar surface area (TPSA) is 80.3 Å². The Kier molecular flexibility index (Phi) is 4.90. The monoisotopic (exact) mass is 424 g/mol. The molecular weight excluding hydrogens is 402 g/mol. The highest BCUT2D eigenvalue weighted by Crippen LogP contribution is 2.39. The number of hydrogen-bond acceptors (Lipinski definition) is 5. The summed E-state index contributed by atoms with van der Waals surface area (Å²) in [6.45, 7) is 1.82. The highest BCUT2D eigenvalue weighted by molar-refractivity contribution is 5.74. The van der Waals surface area contributed by atoms with E-state index in [1.807, 2.05) is 10.9 Å². The van der Waals surface area contributed by atoms with Gasteiger partial charge in [0.15, 0.2) is 11.5 Å². The first-order valence-electron chi connectivity index (χ1n) is 10.2. The van der Waals surface area contributed by atoms with Crippen molar-refractivity contribution in [3.05, 3.63) is 60.3 Å². The molecule has 1 aliphatic rings. The summed E-state index contributed by atoms with van der Waals surface area (Å²) in [7, 11) is 0. The first-order valence-corrected chi connectivity index (χ1v) is 10.2. The van der Waals surface area contributed by atoms with Crippen LogP contribution in [0.2, 0.25) is 0 Å². The summed E-state index contributed by atoms with van der Waals surface area (Å²) in [4.78, 5) is 8.81. The van der Waals surface area contributed by atoms with Gasteiger partial charge in [0.25, 0.3) is 0 Å². The minimum absolute atomic E-state index is 0.229. The van der Waals surface area contributed by atoms with Gasteiger partial charge in [-0.15, -0.1) is 0 Å². The van der Waals surface area contributed by atoms with Crippen molar-refractivity contribution in [2.45, 2.75) is 32.2 Å². The van der Waals surface area contributed by atoms with Crippen LogP contribution in [0.25, 0.3) is 16.9 Å². The van der Waals surface area contributed by atoms with Crippen LogP contribution in [0.3, 0.4) is 0 Å². The molecule has 3 heterocycles. The number of halogens is 2. The van der Waals surface area contributed by atoms with Gasteiger partial charge in [0.1, 0.15) is 11.6 Å². The maximum absolute atomic E-state index is 14.4. The highest BCUT2D eigenvalue weighted by Gasteiger charge is 2.30. The van der Waals surface area contributed by atoms with Crippen LogP contribution in [0.15, 0.2) is 43.1 Å². The van der Waals surface area contributed by atoms with Crippen molar-refractivity contribution in [1.82, 2.24) is 24.1 Å². The predicted octanol–water partition coefficient (Wildman–Crippen LogP) is 4.26. The van der Waals surface area contributed by atoms with Crippen molar-refractivity contribution in [2.75, 3.05) is 11.9 Å². The number of hydrogen-bond donors (Lipinski definition) is 2. The van der Waals surface area contributed by atoms with E-state index in [0.29, 0.717) is 34.7 Å². The molecule has 1 aromatic carbocycles. The van der Waals surface area contributed by atoms with Crippen LogP contribution in [0.4, 0.5) is 20.3 Å². The predicted molar refractivity (Wildman–Crippen MR) is 112 cm³/mol. The quantitative estimate of drug-likeness (QED) is 0.484. The van der Waals surface area contributed by atoms with E-state index in [4.69, 9.17) is 5.11 Å². The molecule has 7 nitrogen and oxygen atoms in total. The molecule has 1 saturated carbocycles. The van der Waals surface area contributed by atoms with Crippen LogP contribution in [-0.2, 0) is 0 Å². The number of aliphatic hydroxyl groups excluding tert-OH is 1. The van der Waals surface area contributed by atoms with Crippen molar-refractivity contribution >= 4 is 17.2 Å². The molecule has 31 heavy (non-hydrogen) atoms. The van der Waals surface area contributed by atoms with Crippen LogP contribution in [0, 0.1) is 24.5 Å². The Hall–Kier alpha value is -3.33. The van der Waals surface area contributed by atoms with Gasteiger partial charge >= 0.3 is 0 Å². The average molecular weight is 424 g/mol. The lowest BCUT2D eigenvalue weighted by atomic mass is 9.78. The van der Waals surface area contributed by atoms with Crippen LogP contribution in [-0.4, -0.2) is 35.9 Å². The Morgan fingerprint density at radius 3 is 2.81 bits per heavy atom. The molecule has 5 rings (SSSR count). The average Bonchev–Trinajstić information content (AvgIpc) is 3.38. The van der Waals surface area contributed by atoms with E-state index in [-0.39, 0.29) is 12.2 Å². The van der Waals surface area contributed by atoms with Gasteiger partial charge in [-0.05, 0) is 43.7 Å². The summed E-state index contributed by atoms with van der Waals surface area (Å²) in [6, 6.07) is 2.71. The number of aliphatic hydroxyl groups is 1. The second-order valence-electron chi connectivity index (χ2n) is 8.03. The third-order valence-corrected chi connectivity index (χ3v) is 5.94. The molecule has 0 bridgehead atoms. The van der Waals surface area contributed by atoms with Crippen LogP contribution in [0.1, 0.15) is 30.9 Å². The maximum Gasteiger partial charge on any atom is 0.180 e. The summed E-state index contributed by atoms with van der Waals surface area (Å²) >= 11 is 0. The maximum atomic E-state index is 14.4. The van der Waals surface area contributed by atoms with Crippen LogP contribution in [0.5, 0.6) is 0 Å². The van der Waals surface area contributed by atoms with Gasteiger partial charge in [-0.1, -0.05) is 0 Å². The van der Waals surface area contributed by atoms with Gasteiger partial charge in [-0.3, -0.25) is 9.08 Å². The normalized spacial score (nSPS) is 18.3. The molecule has 0 spiro atoms. The lowest BCUT2D eigenvalue weighted by Gasteiger charge is -2.35. The first-order chi connectivity index (χ1) is 15.0. The van der Waals surface area contributed by atoms with E-state index >= 15 is 0 Å². The molecule has 4 aromatic rings. The fourth-order valence-corrected chi connectivity index (χ4v) is 4.13. The van der Waals surface area contributed by atoms with Gasteiger partial charge < -0.3 is 10.4 Å². The Morgan fingerprint density at radius 2 is 2.00 bits per heavy atom. The van der Waals surface area contributed by atoms with Crippen LogP contribution < -0.4 is 5.32 Å². The molecule has 9 heteroatoms. The van der Waals surface area contributed by atoms with E-state index < -0.39 is 11.6 Å². The van der Waals surface area contributed by atoms with E-state index in [0.717, 1.165) is 31.0 Å². The Morgan fingerprint density at radius 1 is 1.16 bits per heavy atom. The van der Waals surface area contributed by atoms with Gasteiger partial charge in [0.2, 0.25) is 0 Å². The van der Waals surface area contributed by atoms with E-state index in [9.17, 15) is 8.78 Å². The second kappa shape index (κ2) is 7.73. The molecule has 0 radical (unpaired) electrons. The smallest absolute Gasteiger partial charge is 0.180 e. The Bertz CT molecular complexity index is 1240.